The van der Waals surface area contributed by atoms with Crippen molar-refractivity contribution in [1.29, 1.82) is 0 Å². The number of fused-ring (bicyclic) bond motifs is 1. The average molecular weight is 396 g/mol. The van der Waals surface area contributed by atoms with Crippen LogP contribution in [0.1, 0.15) is 12.5 Å². The Hall–Kier alpha value is -2.16. The summed E-state index contributed by atoms with van der Waals surface area (Å²) in [4.78, 5) is 11.4. The van der Waals surface area contributed by atoms with Crippen molar-refractivity contribution in [2.75, 3.05) is 10.0 Å². The molecule has 3 aromatic rings. The van der Waals surface area contributed by atoms with Crippen LogP contribution >= 0.6 is 23.1 Å². The maximum absolute atomic E-state index is 12.7. The molecular weight excluding hydrogens is 382 g/mol. The van der Waals surface area contributed by atoms with Crippen LogP contribution in [0.3, 0.4) is 0 Å². The molecule has 0 aliphatic heterocycles. The van der Waals surface area contributed by atoms with E-state index in [4.69, 9.17) is 11.6 Å². The van der Waals surface area contributed by atoms with Crippen molar-refractivity contribution in [2.24, 2.45) is 0 Å². The van der Waals surface area contributed by atoms with Gasteiger partial charge in [-0.1, -0.05) is 17.7 Å². The number of halogens is 1. The number of amides is 1. The number of nitrogens with one attached hydrogen (secondary N) is 2. The monoisotopic (exact) mass is 395 g/mol. The lowest BCUT2D eigenvalue weighted by Crippen LogP contribution is -2.14. The zero-order valence-corrected chi connectivity index (χ0v) is 15.7. The smallest absolute Gasteiger partial charge is 0.262 e. The summed E-state index contributed by atoms with van der Waals surface area (Å²) < 4.78 is 32.9. The first-order valence-electron chi connectivity index (χ1n) is 7.23. The maximum atomic E-state index is 12.7. The number of nitrogens with zero attached hydrogens (tertiary/aromatic N) is 1. The minimum Gasteiger partial charge on any atom is -0.310 e. The molecule has 2 N–H and O–H groups in total. The Kier molecular flexibility index (Phi) is 4.68. The van der Waals surface area contributed by atoms with Gasteiger partial charge < -0.3 is 5.32 Å². The number of sulfonamides is 1. The highest BCUT2D eigenvalue weighted by Gasteiger charge is 2.19. The second kappa shape index (κ2) is 6.62. The van der Waals surface area contributed by atoms with E-state index >= 15 is 0 Å². The highest BCUT2D eigenvalue weighted by Crippen LogP contribution is 2.31. The Balaban J connectivity index is 1.99. The van der Waals surface area contributed by atoms with Crippen LogP contribution in [0.15, 0.2) is 41.3 Å². The standard InChI is InChI=1S/C16H14ClN3O3S2/c1-9-13(17)4-3-5-15(9)25(22,23)20-11-6-7-14-12(8-11)16(19-24-14)18-10(2)21/h3-8,20H,1-2H3,(H,18,19,21). The van der Waals surface area contributed by atoms with E-state index < -0.39 is 10.0 Å². The van der Waals surface area contributed by atoms with Crippen LogP contribution in [0.5, 0.6) is 0 Å². The molecule has 0 fully saturated rings. The topological polar surface area (TPSA) is 88.2 Å². The first kappa shape index (κ1) is 17.7. The third kappa shape index (κ3) is 3.60. The maximum Gasteiger partial charge on any atom is 0.262 e. The van der Waals surface area contributed by atoms with E-state index in [1.54, 1.807) is 37.3 Å². The molecule has 25 heavy (non-hydrogen) atoms. The molecule has 6 nitrogen and oxygen atoms in total. The van der Waals surface area contributed by atoms with Crippen molar-refractivity contribution in [3.05, 3.63) is 47.0 Å². The van der Waals surface area contributed by atoms with Crippen LogP contribution in [0, 0.1) is 6.92 Å². The van der Waals surface area contributed by atoms with Gasteiger partial charge in [-0.2, -0.15) is 4.37 Å². The SMILES string of the molecule is CC(=O)Nc1nsc2ccc(NS(=O)(=O)c3cccc(Cl)c3C)cc12. The quantitative estimate of drug-likeness (QED) is 0.698. The first-order chi connectivity index (χ1) is 11.8. The van der Waals surface area contributed by atoms with Gasteiger partial charge in [0, 0.05) is 23.0 Å². The van der Waals surface area contributed by atoms with Gasteiger partial charge in [0.25, 0.3) is 10.0 Å². The zero-order valence-electron chi connectivity index (χ0n) is 13.3. The third-order valence-corrected chi connectivity index (χ3v) is 6.29. The number of anilines is 2. The Labute approximate surface area is 154 Å². The Morgan fingerprint density at radius 3 is 2.72 bits per heavy atom. The second-order valence-electron chi connectivity index (χ2n) is 5.39. The van der Waals surface area contributed by atoms with Gasteiger partial charge >= 0.3 is 0 Å². The van der Waals surface area contributed by atoms with Crippen molar-refractivity contribution in [3.63, 3.8) is 0 Å². The molecule has 0 saturated carbocycles. The number of carbonyl (C=O) groups excluding carboxylic acids is 1. The molecular formula is C16H14ClN3O3S2. The highest BCUT2D eigenvalue weighted by atomic mass is 35.5. The van der Waals surface area contributed by atoms with Crippen molar-refractivity contribution in [3.8, 4) is 0 Å². The van der Waals surface area contributed by atoms with Gasteiger partial charge in [-0.25, -0.2) is 8.42 Å². The number of hydrogen-bond acceptors (Lipinski definition) is 5. The number of aromatic nitrogens is 1. The lowest BCUT2D eigenvalue weighted by atomic mass is 10.2. The van der Waals surface area contributed by atoms with Gasteiger partial charge in [-0.05, 0) is 54.4 Å². The molecule has 0 aliphatic carbocycles. The van der Waals surface area contributed by atoms with Crippen molar-refractivity contribution < 1.29 is 13.2 Å². The molecule has 1 amide bonds. The molecule has 0 unspecified atom stereocenters. The van der Waals surface area contributed by atoms with Gasteiger partial charge in [0.15, 0.2) is 5.82 Å². The molecule has 0 atom stereocenters. The summed E-state index contributed by atoms with van der Waals surface area (Å²) >= 11 is 7.24. The Morgan fingerprint density at radius 2 is 2.00 bits per heavy atom. The largest absolute Gasteiger partial charge is 0.310 e. The molecule has 0 bridgehead atoms. The fourth-order valence-corrected chi connectivity index (χ4v) is 4.61. The summed E-state index contributed by atoms with van der Waals surface area (Å²) in [7, 11) is -3.79. The van der Waals surface area contributed by atoms with E-state index in [9.17, 15) is 13.2 Å². The van der Waals surface area contributed by atoms with Crippen molar-refractivity contribution in [2.45, 2.75) is 18.7 Å². The van der Waals surface area contributed by atoms with Crippen LogP contribution in [-0.2, 0) is 14.8 Å². The summed E-state index contributed by atoms with van der Waals surface area (Å²) in [5.74, 6) is 0.167. The Morgan fingerprint density at radius 1 is 1.24 bits per heavy atom. The van der Waals surface area contributed by atoms with E-state index in [1.165, 1.54) is 24.5 Å². The Bertz CT molecular complexity index is 1080. The molecule has 130 valence electrons. The van der Waals surface area contributed by atoms with Gasteiger partial charge in [-0.15, -0.1) is 0 Å². The molecule has 2 aromatic carbocycles. The van der Waals surface area contributed by atoms with E-state index in [-0.39, 0.29) is 10.8 Å². The fourth-order valence-electron chi connectivity index (χ4n) is 2.35. The van der Waals surface area contributed by atoms with E-state index in [2.05, 4.69) is 14.4 Å². The van der Waals surface area contributed by atoms with Gasteiger partial charge in [0.2, 0.25) is 5.91 Å². The summed E-state index contributed by atoms with van der Waals surface area (Å²) in [6.07, 6.45) is 0. The summed E-state index contributed by atoms with van der Waals surface area (Å²) in [5.41, 5.74) is 0.854. The summed E-state index contributed by atoms with van der Waals surface area (Å²) in [6, 6.07) is 9.76. The average Bonchev–Trinajstić information content (AvgIpc) is 2.91. The molecule has 0 spiro atoms. The summed E-state index contributed by atoms with van der Waals surface area (Å²) in [5, 5.41) is 3.68. The minimum absolute atomic E-state index is 0.116. The highest BCUT2D eigenvalue weighted by molar-refractivity contribution is 7.92. The van der Waals surface area contributed by atoms with Crippen LogP contribution in [0.2, 0.25) is 5.02 Å². The normalized spacial score (nSPS) is 11.5. The van der Waals surface area contributed by atoms with Gasteiger partial charge in [0.05, 0.1) is 9.60 Å². The lowest BCUT2D eigenvalue weighted by molar-refractivity contribution is -0.114. The van der Waals surface area contributed by atoms with Crippen LogP contribution in [-0.4, -0.2) is 18.7 Å². The predicted molar refractivity (Wildman–Crippen MR) is 101 cm³/mol. The molecule has 0 aliphatic rings. The van der Waals surface area contributed by atoms with E-state index in [0.29, 0.717) is 27.5 Å². The summed E-state index contributed by atoms with van der Waals surface area (Å²) in [6.45, 7) is 3.04. The number of rotatable bonds is 4. The molecule has 1 heterocycles. The molecule has 0 radical (unpaired) electrons. The van der Waals surface area contributed by atoms with Crippen LogP contribution < -0.4 is 10.0 Å². The number of benzene rings is 2. The first-order valence-corrected chi connectivity index (χ1v) is 9.86. The van der Waals surface area contributed by atoms with Gasteiger partial charge in [-0.3, -0.25) is 9.52 Å². The number of carbonyl (C=O) groups is 1. The third-order valence-electron chi connectivity index (χ3n) is 3.52. The zero-order chi connectivity index (χ0) is 18.2. The molecule has 9 heteroatoms. The minimum atomic E-state index is -3.79. The van der Waals surface area contributed by atoms with E-state index in [1.807, 2.05) is 0 Å². The van der Waals surface area contributed by atoms with E-state index in [0.717, 1.165) is 4.70 Å². The molecule has 3 rings (SSSR count). The molecule has 0 saturated heterocycles. The predicted octanol–water partition coefficient (Wildman–Crippen LogP) is 4.02. The lowest BCUT2D eigenvalue weighted by Gasteiger charge is -2.11. The molecule has 1 aromatic heterocycles. The number of hydrogen-bond donors (Lipinski definition) is 2. The van der Waals surface area contributed by atoms with Gasteiger partial charge in [0.1, 0.15) is 0 Å². The van der Waals surface area contributed by atoms with Crippen molar-refractivity contribution in [1.82, 2.24) is 4.37 Å². The van der Waals surface area contributed by atoms with Crippen LogP contribution in [0.4, 0.5) is 11.5 Å². The van der Waals surface area contributed by atoms with Crippen LogP contribution in [0.25, 0.3) is 10.1 Å². The second-order valence-corrected chi connectivity index (χ2v) is 8.25. The van der Waals surface area contributed by atoms with Crippen molar-refractivity contribution >= 4 is 60.7 Å². The fraction of sp³-hybridized carbons (Fsp3) is 0.125.